The minimum absolute atomic E-state index is 0.331. The molecular formula is C13H10N2O2. The van der Waals surface area contributed by atoms with Crippen LogP contribution in [-0.2, 0) is 0 Å². The fraction of sp³-hybridized carbons (Fsp3) is 0. The summed E-state index contributed by atoms with van der Waals surface area (Å²) in [4.78, 5) is 13.9. The number of aromatic carboxylic acids is 1. The van der Waals surface area contributed by atoms with Crippen molar-refractivity contribution in [1.82, 2.24) is 4.98 Å². The maximum atomic E-state index is 10.2. The van der Waals surface area contributed by atoms with Crippen molar-refractivity contribution in [1.29, 1.82) is 5.26 Å². The van der Waals surface area contributed by atoms with E-state index in [1.807, 2.05) is 6.07 Å². The van der Waals surface area contributed by atoms with Gasteiger partial charge in [-0.2, -0.15) is 5.26 Å². The smallest absolute Gasteiger partial charge is 0.335 e. The van der Waals surface area contributed by atoms with Crippen LogP contribution < -0.4 is 0 Å². The maximum absolute atomic E-state index is 10.2. The molecule has 84 valence electrons. The number of pyridine rings is 1. The zero-order chi connectivity index (χ0) is 12.5. The fourth-order valence-corrected chi connectivity index (χ4v) is 1.01. The molecule has 0 saturated heterocycles. The van der Waals surface area contributed by atoms with Gasteiger partial charge in [0, 0.05) is 12.4 Å². The van der Waals surface area contributed by atoms with Crippen molar-refractivity contribution in [3.8, 4) is 6.07 Å². The van der Waals surface area contributed by atoms with E-state index in [0.29, 0.717) is 11.1 Å². The summed E-state index contributed by atoms with van der Waals surface area (Å²) >= 11 is 0. The first kappa shape index (κ1) is 12.4. The largest absolute Gasteiger partial charge is 0.478 e. The Morgan fingerprint density at radius 3 is 2.06 bits per heavy atom. The highest BCUT2D eigenvalue weighted by Crippen LogP contribution is 1.96. The Hall–Kier alpha value is -2.67. The van der Waals surface area contributed by atoms with Crippen LogP contribution in [0.4, 0.5) is 0 Å². The van der Waals surface area contributed by atoms with Gasteiger partial charge in [-0.3, -0.25) is 4.98 Å². The lowest BCUT2D eigenvalue weighted by atomic mass is 10.2. The number of benzene rings is 1. The number of nitrogens with zero attached hydrogens (tertiary/aromatic N) is 2. The number of rotatable bonds is 1. The molecule has 0 amide bonds. The van der Waals surface area contributed by atoms with Crippen molar-refractivity contribution in [2.45, 2.75) is 0 Å². The van der Waals surface area contributed by atoms with E-state index >= 15 is 0 Å². The second kappa shape index (κ2) is 6.75. The summed E-state index contributed by atoms with van der Waals surface area (Å²) in [6, 6.07) is 13.6. The molecule has 4 heteroatoms. The van der Waals surface area contributed by atoms with Crippen LogP contribution in [0.15, 0.2) is 54.9 Å². The van der Waals surface area contributed by atoms with Crippen molar-refractivity contribution >= 4 is 5.97 Å². The molecule has 0 aliphatic rings. The molecule has 0 bridgehead atoms. The van der Waals surface area contributed by atoms with Crippen LogP contribution in [0.5, 0.6) is 0 Å². The van der Waals surface area contributed by atoms with Crippen molar-refractivity contribution < 1.29 is 9.90 Å². The van der Waals surface area contributed by atoms with Crippen LogP contribution in [0.25, 0.3) is 0 Å². The molecule has 17 heavy (non-hydrogen) atoms. The van der Waals surface area contributed by atoms with Gasteiger partial charge in [0.15, 0.2) is 0 Å². The molecule has 0 fully saturated rings. The summed E-state index contributed by atoms with van der Waals surface area (Å²) in [5.74, 6) is -0.879. The minimum atomic E-state index is -0.879. The number of aromatic nitrogens is 1. The van der Waals surface area contributed by atoms with E-state index < -0.39 is 5.97 Å². The van der Waals surface area contributed by atoms with Crippen LogP contribution in [0.1, 0.15) is 15.9 Å². The maximum Gasteiger partial charge on any atom is 0.335 e. The Kier molecular flexibility index (Phi) is 4.92. The number of carboxylic acid groups (broad SMARTS) is 1. The summed E-state index contributed by atoms with van der Waals surface area (Å²) in [5.41, 5.74) is 0.984. The van der Waals surface area contributed by atoms with Crippen molar-refractivity contribution in [2.75, 3.05) is 0 Å². The van der Waals surface area contributed by atoms with Gasteiger partial charge in [0.1, 0.15) is 0 Å². The highest BCUT2D eigenvalue weighted by Gasteiger charge is 1.96. The Morgan fingerprint density at radius 1 is 1.12 bits per heavy atom. The van der Waals surface area contributed by atoms with Gasteiger partial charge in [0.2, 0.25) is 0 Å². The fourth-order valence-electron chi connectivity index (χ4n) is 1.01. The van der Waals surface area contributed by atoms with E-state index in [9.17, 15) is 4.79 Å². The molecule has 1 aromatic heterocycles. The quantitative estimate of drug-likeness (QED) is 0.809. The van der Waals surface area contributed by atoms with E-state index in [4.69, 9.17) is 10.4 Å². The van der Waals surface area contributed by atoms with Crippen LogP contribution >= 0.6 is 0 Å². The molecule has 1 heterocycles. The number of carbonyl (C=O) groups is 1. The highest BCUT2D eigenvalue weighted by atomic mass is 16.4. The predicted molar refractivity (Wildman–Crippen MR) is 62.4 cm³/mol. The van der Waals surface area contributed by atoms with Crippen molar-refractivity contribution in [2.24, 2.45) is 0 Å². The van der Waals surface area contributed by atoms with Gasteiger partial charge in [0.05, 0.1) is 17.2 Å². The van der Waals surface area contributed by atoms with Gasteiger partial charge in [-0.15, -0.1) is 0 Å². The molecule has 0 aliphatic heterocycles. The summed E-state index contributed by atoms with van der Waals surface area (Å²) < 4.78 is 0. The monoisotopic (exact) mass is 226 g/mol. The SMILES string of the molecule is N#Cc1ccncc1.O=C(O)c1ccccc1. The lowest BCUT2D eigenvalue weighted by Gasteiger charge is -1.88. The molecule has 0 unspecified atom stereocenters. The zero-order valence-electron chi connectivity index (χ0n) is 8.95. The first-order valence-electron chi connectivity index (χ1n) is 4.82. The van der Waals surface area contributed by atoms with Gasteiger partial charge in [-0.05, 0) is 24.3 Å². The lowest BCUT2D eigenvalue weighted by Crippen LogP contribution is -1.93. The average molecular weight is 226 g/mol. The van der Waals surface area contributed by atoms with Crippen LogP contribution in [0.2, 0.25) is 0 Å². The Bertz CT molecular complexity index is 504. The number of carboxylic acids is 1. The predicted octanol–water partition coefficient (Wildman–Crippen LogP) is 2.34. The van der Waals surface area contributed by atoms with E-state index in [-0.39, 0.29) is 0 Å². The molecule has 2 rings (SSSR count). The van der Waals surface area contributed by atoms with E-state index in [1.165, 1.54) is 0 Å². The molecule has 1 N–H and O–H groups in total. The first-order valence-corrected chi connectivity index (χ1v) is 4.82. The molecule has 2 aromatic rings. The third-order valence-corrected chi connectivity index (χ3v) is 1.83. The van der Waals surface area contributed by atoms with Gasteiger partial charge in [-0.25, -0.2) is 4.79 Å². The highest BCUT2D eigenvalue weighted by molar-refractivity contribution is 5.87. The summed E-state index contributed by atoms with van der Waals surface area (Å²) in [5, 5.41) is 16.6. The molecule has 0 saturated carbocycles. The normalized spacial score (nSPS) is 8.41. The zero-order valence-corrected chi connectivity index (χ0v) is 8.95. The van der Waals surface area contributed by atoms with Gasteiger partial charge in [-0.1, -0.05) is 18.2 Å². The van der Waals surface area contributed by atoms with E-state index in [0.717, 1.165) is 0 Å². The molecule has 1 aromatic carbocycles. The summed E-state index contributed by atoms with van der Waals surface area (Å²) in [7, 11) is 0. The molecule has 0 spiro atoms. The van der Waals surface area contributed by atoms with E-state index in [1.54, 1.807) is 54.9 Å². The van der Waals surface area contributed by atoms with Crippen LogP contribution in [-0.4, -0.2) is 16.1 Å². The topological polar surface area (TPSA) is 74.0 Å². The molecule has 0 radical (unpaired) electrons. The second-order valence-corrected chi connectivity index (χ2v) is 3.02. The Morgan fingerprint density at radius 2 is 1.71 bits per heavy atom. The Labute approximate surface area is 98.8 Å². The molecule has 0 aliphatic carbocycles. The van der Waals surface area contributed by atoms with E-state index in [2.05, 4.69) is 4.98 Å². The lowest BCUT2D eigenvalue weighted by molar-refractivity contribution is 0.0697. The third kappa shape index (κ3) is 4.58. The van der Waals surface area contributed by atoms with Gasteiger partial charge >= 0.3 is 5.97 Å². The molecule has 0 atom stereocenters. The van der Waals surface area contributed by atoms with Gasteiger partial charge < -0.3 is 5.11 Å². The average Bonchev–Trinajstić information content (AvgIpc) is 2.41. The minimum Gasteiger partial charge on any atom is -0.478 e. The number of hydrogen-bond donors (Lipinski definition) is 1. The Balaban J connectivity index is 0.000000171. The standard InChI is InChI=1S/C7H6O2.C6H4N2/c8-7(9)6-4-2-1-3-5-6;7-5-6-1-3-8-4-2-6/h1-5H,(H,8,9);1-4H. The van der Waals surface area contributed by atoms with Crippen molar-refractivity contribution in [3.63, 3.8) is 0 Å². The third-order valence-electron chi connectivity index (χ3n) is 1.83. The number of hydrogen-bond acceptors (Lipinski definition) is 3. The van der Waals surface area contributed by atoms with Gasteiger partial charge in [0.25, 0.3) is 0 Å². The molecule has 4 nitrogen and oxygen atoms in total. The van der Waals surface area contributed by atoms with Crippen molar-refractivity contribution in [3.05, 3.63) is 66.0 Å². The number of nitriles is 1. The first-order chi connectivity index (χ1) is 8.24. The molecular weight excluding hydrogens is 216 g/mol. The second-order valence-electron chi connectivity index (χ2n) is 3.02. The summed E-state index contributed by atoms with van der Waals surface area (Å²) in [6.45, 7) is 0. The van der Waals surface area contributed by atoms with Crippen LogP contribution in [0.3, 0.4) is 0 Å². The van der Waals surface area contributed by atoms with Crippen LogP contribution in [0, 0.1) is 11.3 Å². The summed E-state index contributed by atoms with van der Waals surface area (Å²) in [6.07, 6.45) is 3.19.